The minimum absolute atomic E-state index is 0.297. The van der Waals surface area contributed by atoms with E-state index >= 15 is 0 Å². The van der Waals surface area contributed by atoms with Gasteiger partial charge in [0.1, 0.15) is 0 Å². The fraction of sp³-hybridized carbons (Fsp3) is 0.750. The number of fused-ring (bicyclic) bond motifs is 1. The SMILES string of the molecule is O=C1C=C2CCC3(CC2CC1)OCCO3. The molecule has 1 unspecified atom stereocenters. The third-order valence-electron chi connectivity index (χ3n) is 3.78. The normalized spacial score (nSPS) is 34.0. The molecule has 3 aliphatic rings. The number of carbonyl (C=O) groups is 1. The zero-order chi connectivity index (χ0) is 10.3. The number of carbonyl (C=O) groups excluding carboxylic acids is 1. The largest absolute Gasteiger partial charge is 0.348 e. The molecule has 1 heterocycles. The van der Waals surface area contributed by atoms with E-state index in [4.69, 9.17) is 9.47 Å². The van der Waals surface area contributed by atoms with Crippen LogP contribution in [0.5, 0.6) is 0 Å². The Morgan fingerprint density at radius 2 is 2.07 bits per heavy atom. The molecule has 15 heavy (non-hydrogen) atoms. The molecular formula is C12H16O3. The highest BCUT2D eigenvalue weighted by Crippen LogP contribution is 2.44. The van der Waals surface area contributed by atoms with E-state index in [-0.39, 0.29) is 5.79 Å². The molecule has 2 aliphatic carbocycles. The van der Waals surface area contributed by atoms with Gasteiger partial charge in [-0.05, 0) is 24.8 Å². The Kier molecular flexibility index (Phi) is 2.18. The van der Waals surface area contributed by atoms with E-state index in [0.717, 1.165) is 38.9 Å². The number of allylic oxidation sites excluding steroid dienone is 2. The molecule has 0 bridgehead atoms. The predicted octanol–water partition coefficient (Wildman–Crippen LogP) is 1.82. The quantitative estimate of drug-likeness (QED) is 0.609. The van der Waals surface area contributed by atoms with Crippen LogP contribution in [0.25, 0.3) is 0 Å². The van der Waals surface area contributed by atoms with Gasteiger partial charge in [0.25, 0.3) is 0 Å². The van der Waals surface area contributed by atoms with Crippen LogP contribution in [0.4, 0.5) is 0 Å². The van der Waals surface area contributed by atoms with Crippen LogP contribution in [0.3, 0.4) is 0 Å². The van der Waals surface area contributed by atoms with Crippen LogP contribution in [0.2, 0.25) is 0 Å². The summed E-state index contributed by atoms with van der Waals surface area (Å²) in [6, 6.07) is 0. The van der Waals surface area contributed by atoms with Gasteiger partial charge in [-0.15, -0.1) is 0 Å². The first-order chi connectivity index (χ1) is 7.27. The molecule has 3 nitrogen and oxygen atoms in total. The number of ether oxygens (including phenoxy) is 2. The maximum atomic E-state index is 11.3. The lowest BCUT2D eigenvalue weighted by molar-refractivity contribution is -0.180. The summed E-state index contributed by atoms with van der Waals surface area (Å²) >= 11 is 0. The fourth-order valence-electron chi connectivity index (χ4n) is 2.98. The summed E-state index contributed by atoms with van der Waals surface area (Å²) in [6.45, 7) is 1.45. The second kappa shape index (κ2) is 3.42. The lowest BCUT2D eigenvalue weighted by atomic mass is 9.75. The van der Waals surface area contributed by atoms with Gasteiger partial charge in [-0.3, -0.25) is 4.79 Å². The van der Waals surface area contributed by atoms with Crippen molar-refractivity contribution in [1.29, 1.82) is 0 Å². The standard InChI is InChI=1S/C12H16O3/c13-11-2-1-10-8-12(14-5-6-15-12)4-3-9(10)7-11/h7,10H,1-6,8H2. The van der Waals surface area contributed by atoms with Crippen molar-refractivity contribution in [1.82, 2.24) is 0 Å². The van der Waals surface area contributed by atoms with E-state index in [1.807, 2.05) is 6.08 Å². The van der Waals surface area contributed by atoms with Gasteiger partial charge >= 0.3 is 0 Å². The van der Waals surface area contributed by atoms with Crippen molar-refractivity contribution in [2.75, 3.05) is 13.2 Å². The van der Waals surface area contributed by atoms with Crippen molar-refractivity contribution in [3.63, 3.8) is 0 Å². The van der Waals surface area contributed by atoms with Crippen molar-refractivity contribution < 1.29 is 14.3 Å². The first kappa shape index (κ1) is 9.55. The van der Waals surface area contributed by atoms with Crippen LogP contribution in [0, 0.1) is 5.92 Å². The van der Waals surface area contributed by atoms with Gasteiger partial charge in [0, 0.05) is 19.3 Å². The molecule has 0 N–H and O–H groups in total. The molecule has 0 radical (unpaired) electrons. The lowest BCUT2D eigenvalue weighted by Crippen LogP contribution is -2.38. The van der Waals surface area contributed by atoms with Gasteiger partial charge in [-0.2, -0.15) is 0 Å². The summed E-state index contributed by atoms with van der Waals surface area (Å²) in [7, 11) is 0. The van der Waals surface area contributed by atoms with E-state index < -0.39 is 0 Å². The monoisotopic (exact) mass is 208 g/mol. The molecule has 0 aromatic heterocycles. The third-order valence-corrected chi connectivity index (χ3v) is 3.78. The Morgan fingerprint density at radius 1 is 1.27 bits per heavy atom. The zero-order valence-corrected chi connectivity index (χ0v) is 8.83. The maximum Gasteiger partial charge on any atom is 0.169 e. The van der Waals surface area contributed by atoms with Crippen molar-refractivity contribution in [2.24, 2.45) is 5.92 Å². The van der Waals surface area contributed by atoms with Gasteiger partial charge in [-0.1, -0.05) is 5.57 Å². The molecule has 0 aromatic rings. The second-order valence-corrected chi connectivity index (χ2v) is 4.73. The van der Waals surface area contributed by atoms with Crippen LogP contribution < -0.4 is 0 Å². The molecule has 1 aliphatic heterocycles. The van der Waals surface area contributed by atoms with Crippen molar-refractivity contribution in [2.45, 2.75) is 37.9 Å². The molecule has 82 valence electrons. The molecule has 1 atom stereocenters. The maximum absolute atomic E-state index is 11.3. The summed E-state index contributed by atoms with van der Waals surface area (Å²) in [4.78, 5) is 11.3. The van der Waals surface area contributed by atoms with E-state index in [1.54, 1.807) is 0 Å². The summed E-state index contributed by atoms with van der Waals surface area (Å²) in [5, 5.41) is 0. The Morgan fingerprint density at radius 3 is 2.87 bits per heavy atom. The minimum Gasteiger partial charge on any atom is -0.348 e. The van der Waals surface area contributed by atoms with Gasteiger partial charge in [0.2, 0.25) is 0 Å². The molecular weight excluding hydrogens is 192 g/mol. The van der Waals surface area contributed by atoms with Crippen molar-refractivity contribution >= 4 is 5.78 Å². The molecule has 3 rings (SSSR count). The van der Waals surface area contributed by atoms with Gasteiger partial charge < -0.3 is 9.47 Å². The summed E-state index contributed by atoms with van der Waals surface area (Å²) in [5.41, 5.74) is 1.33. The fourth-order valence-corrected chi connectivity index (χ4v) is 2.98. The van der Waals surface area contributed by atoms with E-state index in [0.29, 0.717) is 18.1 Å². The van der Waals surface area contributed by atoms with Gasteiger partial charge in [0.05, 0.1) is 13.2 Å². The first-order valence-corrected chi connectivity index (χ1v) is 5.79. The summed E-state index contributed by atoms with van der Waals surface area (Å²) < 4.78 is 11.4. The summed E-state index contributed by atoms with van der Waals surface area (Å²) in [5.74, 6) is 0.516. The number of hydrogen-bond acceptors (Lipinski definition) is 3. The summed E-state index contributed by atoms with van der Waals surface area (Å²) in [6.07, 6.45) is 6.38. The first-order valence-electron chi connectivity index (χ1n) is 5.79. The molecule has 1 spiro atoms. The van der Waals surface area contributed by atoms with Crippen LogP contribution >= 0.6 is 0 Å². The molecule has 0 aromatic carbocycles. The van der Waals surface area contributed by atoms with Gasteiger partial charge in [-0.25, -0.2) is 0 Å². The van der Waals surface area contributed by atoms with E-state index in [2.05, 4.69) is 0 Å². The number of hydrogen-bond donors (Lipinski definition) is 0. The van der Waals surface area contributed by atoms with Crippen LogP contribution in [0.15, 0.2) is 11.6 Å². The highest BCUT2D eigenvalue weighted by Gasteiger charge is 2.43. The molecule has 0 amide bonds. The molecule has 2 fully saturated rings. The number of ketones is 1. The highest BCUT2D eigenvalue weighted by molar-refractivity contribution is 5.91. The lowest BCUT2D eigenvalue weighted by Gasteiger charge is -2.39. The number of rotatable bonds is 0. The predicted molar refractivity (Wildman–Crippen MR) is 54.3 cm³/mol. The Hall–Kier alpha value is -0.670. The topological polar surface area (TPSA) is 35.5 Å². The second-order valence-electron chi connectivity index (χ2n) is 4.73. The smallest absolute Gasteiger partial charge is 0.169 e. The highest BCUT2D eigenvalue weighted by atomic mass is 16.7. The average Bonchev–Trinajstić information content (AvgIpc) is 2.67. The Bertz CT molecular complexity index is 313. The molecule has 1 saturated heterocycles. The zero-order valence-electron chi connectivity index (χ0n) is 8.83. The van der Waals surface area contributed by atoms with E-state index in [1.165, 1.54) is 5.57 Å². The van der Waals surface area contributed by atoms with Crippen LogP contribution in [-0.4, -0.2) is 24.8 Å². The molecule has 3 heteroatoms. The van der Waals surface area contributed by atoms with Crippen LogP contribution in [0.1, 0.15) is 32.1 Å². The average molecular weight is 208 g/mol. The van der Waals surface area contributed by atoms with Gasteiger partial charge in [0.15, 0.2) is 11.6 Å². The Balaban J connectivity index is 1.79. The molecule has 1 saturated carbocycles. The van der Waals surface area contributed by atoms with Crippen LogP contribution in [-0.2, 0) is 14.3 Å². The minimum atomic E-state index is -0.303. The van der Waals surface area contributed by atoms with Crippen molar-refractivity contribution in [3.05, 3.63) is 11.6 Å². The van der Waals surface area contributed by atoms with E-state index in [9.17, 15) is 4.79 Å². The Labute approximate surface area is 89.4 Å². The van der Waals surface area contributed by atoms with Crippen molar-refractivity contribution in [3.8, 4) is 0 Å². The third kappa shape index (κ3) is 1.64.